The molecule has 2 N–H and O–H groups in total. The number of hydrogen-bond acceptors (Lipinski definition) is 4. The van der Waals surface area contributed by atoms with Crippen LogP contribution in [0.1, 0.15) is 48.4 Å². The summed E-state index contributed by atoms with van der Waals surface area (Å²) in [6.45, 7) is 1.77. The predicted molar refractivity (Wildman–Crippen MR) is 95.8 cm³/mol. The summed E-state index contributed by atoms with van der Waals surface area (Å²) in [6, 6.07) is 7.75. The maximum atomic E-state index is 13.6. The van der Waals surface area contributed by atoms with Crippen molar-refractivity contribution >= 4 is 11.7 Å². The van der Waals surface area contributed by atoms with E-state index in [0.717, 1.165) is 24.6 Å². The molecule has 0 spiro atoms. The molecule has 1 aliphatic carbocycles. The second kappa shape index (κ2) is 6.68. The van der Waals surface area contributed by atoms with Gasteiger partial charge in [0, 0.05) is 23.7 Å². The van der Waals surface area contributed by atoms with Crippen LogP contribution in [0.5, 0.6) is 0 Å². The number of nitriles is 1. The van der Waals surface area contributed by atoms with Gasteiger partial charge in [0.05, 0.1) is 35.1 Å². The van der Waals surface area contributed by atoms with Gasteiger partial charge < -0.3 is 5.32 Å². The van der Waals surface area contributed by atoms with Crippen LogP contribution in [0, 0.1) is 17.1 Å². The average Bonchev–Trinajstić information content (AvgIpc) is 3.20. The van der Waals surface area contributed by atoms with Gasteiger partial charge in [-0.15, -0.1) is 0 Å². The van der Waals surface area contributed by atoms with Gasteiger partial charge in [0.1, 0.15) is 11.6 Å². The molecule has 1 atom stereocenters. The van der Waals surface area contributed by atoms with Crippen molar-refractivity contribution in [1.82, 2.24) is 20.0 Å². The van der Waals surface area contributed by atoms with Crippen LogP contribution in [0.15, 0.2) is 36.7 Å². The fraction of sp³-hybridized carbons (Fsp3) is 0.263. The van der Waals surface area contributed by atoms with Gasteiger partial charge in [0.25, 0.3) is 0 Å². The van der Waals surface area contributed by atoms with Gasteiger partial charge in [-0.1, -0.05) is 0 Å². The summed E-state index contributed by atoms with van der Waals surface area (Å²) in [7, 11) is 0. The SMILES string of the molecule is C[C@@H](C(=O)Nc1cc(C2CC2)n[nH]1)c1cnn(-c2cc(F)cc(C#N)c2)c1. The van der Waals surface area contributed by atoms with Gasteiger partial charge in [-0.3, -0.25) is 9.89 Å². The molecule has 0 bridgehead atoms. The molecular formula is C19H17FN6O. The van der Waals surface area contributed by atoms with Crippen molar-refractivity contribution in [3.63, 3.8) is 0 Å². The lowest BCUT2D eigenvalue weighted by atomic mass is 10.0. The van der Waals surface area contributed by atoms with E-state index >= 15 is 0 Å². The molecule has 1 saturated carbocycles. The Bertz CT molecular complexity index is 1040. The highest BCUT2D eigenvalue weighted by molar-refractivity contribution is 5.94. The summed E-state index contributed by atoms with van der Waals surface area (Å²) in [5.41, 5.74) is 2.29. The van der Waals surface area contributed by atoms with E-state index < -0.39 is 11.7 Å². The Balaban J connectivity index is 1.49. The number of nitrogens with one attached hydrogen (secondary N) is 2. The number of aromatic amines is 1. The zero-order chi connectivity index (χ0) is 19.0. The molecule has 0 radical (unpaired) electrons. The van der Waals surface area contributed by atoms with Gasteiger partial charge in [-0.05, 0) is 38.0 Å². The van der Waals surface area contributed by atoms with Crippen LogP contribution in [0.25, 0.3) is 5.69 Å². The number of carbonyl (C=O) groups is 1. The van der Waals surface area contributed by atoms with E-state index in [1.54, 1.807) is 19.3 Å². The molecule has 0 saturated heterocycles. The van der Waals surface area contributed by atoms with Crippen molar-refractivity contribution in [2.75, 3.05) is 5.32 Å². The molecule has 2 aromatic heterocycles. The smallest absolute Gasteiger partial charge is 0.232 e. The van der Waals surface area contributed by atoms with E-state index in [9.17, 15) is 9.18 Å². The van der Waals surface area contributed by atoms with Gasteiger partial charge in [-0.2, -0.15) is 15.5 Å². The lowest BCUT2D eigenvalue weighted by Crippen LogP contribution is -2.18. The van der Waals surface area contributed by atoms with E-state index in [-0.39, 0.29) is 11.5 Å². The van der Waals surface area contributed by atoms with Gasteiger partial charge in [0.2, 0.25) is 5.91 Å². The summed E-state index contributed by atoms with van der Waals surface area (Å²) >= 11 is 0. The van der Waals surface area contributed by atoms with Crippen LogP contribution in [0.4, 0.5) is 10.2 Å². The third kappa shape index (κ3) is 3.58. The standard InChI is InChI=1S/C19H17FN6O/c1-11(19(27)23-18-7-17(24-25-18)13-2-3-13)14-9-22-26(10-14)16-5-12(8-21)4-15(20)6-16/h4-7,9-11,13H,2-3H2,1H3,(H2,23,24,25,27)/t11-/m1/s1. The van der Waals surface area contributed by atoms with Crippen LogP contribution in [-0.4, -0.2) is 25.9 Å². The Labute approximate surface area is 154 Å². The Morgan fingerprint density at radius 2 is 2.22 bits per heavy atom. The number of amides is 1. The van der Waals surface area contributed by atoms with Crippen molar-refractivity contribution in [1.29, 1.82) is 5.26 Å². The fourth-order valence-electron chi connectivity index (χ4n) is 2.85. The van der Waals surface area contributed by atoms with E-state index in [1.165, 1.54) is 16.8 Å². The van der Waals surface area contributed by atoms with Crippen LogP contribution in [0.3, 0.4) is 0 Å². The third-order valence-corrected chi connectivity index (χ3v) is 4.62. The molecule has 0 unspecified atom stereocenters. The summed E-state index contributed by atoms with van der Waals surface area (Å²) in [6.07, 6.45) is 5.50. The highest BCUT2D eigenvalue weighted by Crippen LogP contribution is 2.39. The van der Waals surface area contributed by atoms with E-state index in [4.69, 9.17) is 5.26 Å². The van der Waals surface area contributed by atoms with Crippen LogP contribution in [-0.2, 0) is 4.79 Å². The summed E-state index contributed by atoms with van der Waals surface area (Å²) in [4.78, 5) is 12.5. The maximum absolute atomic E-state index is 13.6. The predicted octanol–water partition coefficient (Wildman–Crippen LogP) is 3.23. The van der Waals surface area contributed by atoms with Crippen LogP contribution >= 0.6 is 0 Å². The molecule has 136 valence electrons. The quantitative estimate of drug-likeness (QED) is 0.726. The number of rotatable bonds is 5. The molecular weight excluding hydrogens is 347 g/mol. The summed E-state index contributed by atoms with van der Waals surface area (Å²) in [5, 5.41) is 23.0. The first-order chi connectivity index (χ1) is 13.0. The minimum Gasteiger partial charge on any atom is -0.311 e. The monoisotopic (exact) mass is 364 g/mol. The lowest BCUT2D eigenvalue weighted by molar-refractivity contribution is -0.117. The molecule has 1 fully saturated rings. The summed E-state index contributed by atoms with van der Waals surface area (Å²) in [5.74, 6) is -0.0948. The number of hydrogen-bond donors (Lipinski definition) is 2. The lowest BCUT2D eigenvalue weighted by Gasteiger charge is -2.08. The molecule has 4 rings (SSSR count). The second-order valence-corrected chi connectivity index (χ2v) is 6.72. The molecule has 27 heavy (non-hydrogen) atoms. The first-order valence-corrected chi connectivity index (χ1v) is 8.65. The minimum atomic E-state index is -0.516. The minimum absolute atomic E-state index is 0.197. The van der Waals surface area contributed by atoms with Gasteiger partial charge in [-0.25, -0.2) is 9.07 Å². The number of anilines is 1. The molecule has 3 aromatic rings. The largest absolute Gasteiger partial charge is 0.311 e. The number of H-pyrrole nitrogens is 1. The Morgan fingerprint density at radius 1 is 1.41 bits per heavy atom. The van der Waals surface area contributed by atoms with Crippen molar-refractivity contribution in [2.45, 2.75) is 31.6 Å². The molecule has 8 heteroatoms. The number of carbonyl (C=O) groups excluding carboxylic acids is 1. The summed E-state index contributed by atoms with van der Waals surface area (Å²) < 4.78 is 15.1. The molecule has 2 heterocycles. The number of benzene rings is 1. The Morgan fingerprint density at radius 3 is 2.96 bits per heavy atom. The van der Waals surface area contributed by atoms with Gasteiger partial charge >= 0.3 is 0 Å². The Kier molecular flexibility index (Phi) is 4.20. The number of nitrogens with zero attached hydrogens (tertiary/aromatic N) is 4. The molecule has 1 amide bonds. The first kappa shape index (κ1) is 17.0. The highest BCUT2D eigenvalue weighted by atomic mass is 19.1. The highest BCUT2D eigenvalue weighted by Gasteiger charge is 2.26. The Hall–Kier alpha value is -3.47. The van der Waals surface area contributed by atoms with E-state index in [2.05, 4.69) is 20.6 Å². The van der Waals surface area contributed by atoms with Crippen LogP contribution in [0.2, 0.25) is 0 Å². The number of halogens is 1. The van der Waals surface area contributed by atoms with E-state index in [0.29, 0.717) is 23.0 Å². The maximum Gasteiger partial charge on any atom is 0.232 e. The van der Waals surface area contributed by atoms with Crippen LogP contribution < -0.4 is 5.32 Å². The van der Waals surface area contributed by atoms with Crippen molar-refractivity contribution in [3.05, 3.63) is 59.3 Å². The van der Waals surface area contributed by atoms with Gasteiger partial charge in [0.15, 0.2) is 0 Å². The first-order valence-electron chi connectivity index (χ1n) is 8.65. The molecule has 1 aromatic carbocycles. The third-order valence-electron chi connectivity index (χ3n) is 4.62. The zero-order valence-corrected chi connectivity index (χ0v) is 14.6. The molecule has 1 aliphatic rings. The average molecular weight is 364 g/mol. The van der Waals surface area contributed by atoms with Crippen molar-refractivity contribution in [2.24, 2.45) is 0 Å². The van der Waals surface area contributed by atoms with Crippen molar-refractivity contribution in [3.8, 4) is 11.8 Å². The topological polar surface area (TPSA) is 99.4 Å². The normalized spacial score (nSPS) is 14.6. The number of aromatic nitrogens is 4. The molecule has 0 aliphatic heterocycles. The van der Waals surface area contributed by atoms with E-state index in [1.807, 2.05) is 12.1 Å². The second-order valence-electron chi connectivity index (χ2n) is 6.72. The molecule has 7 nitrogen and oxygen atoms in total. The zero-order valence-electron chi connectivity index (χ0n) is 14.6. The fourth-order valence-corrected chi connectivity index (χ4v) is 2.85. The van der Waals surface area contributed by atoms with Crippen molar-refractivity contribution < 1.29 is 9.18 Å².